The van der Waals surface area contributed by atoms with Gasteiger partial charge in [0, 0.05) is 25.2 Å². The Bertz CT molecular complexity index is 338. The minimum absolute atomic E-state index is 0.887. The topological polar surface area (TPSA) is 53.1 Å². The minimum Gasteiger partial charge on any atom is -0.370 e. The first-order valence-corrected chi connectivity index (χ1v) is 6.09. The molecule has 0 aromatic carbocycles. The molecular formula is C12H23N5. The second kappa shape index (κ2) is 7.06. The van der Waals surface area contributed by atoms with Crippen LogP contribution in [0.5, 0.6) is 0 Å². The quantitative estimate of drug-likeness (QED) is 0.754. The average Bonchev–Trinajstić information content (AvgIpc) is 2.29. The van der Waals surface area contributed by atoms with Crippen LogP contribution in [0, 0.1) is 6.92 Å². The van der Waals surface area contributed by atoms with Crippen LogP contribution < -0.4 is 10.6 Å². The molecular weight excluding hydrogens is 214 g/mol. The van der Waals surface area contributed by atoms with E-state index in [1.54, 1.807) is 6.33 Å². The van der Waals surface area contributed by atoms with Gasteiger partial charge in [0.2, 0.25) is 0 Å². The maximum atomic E-state index is 4.26. The van der Waals surface area contributed by atoms with Crippen LogP contribution in [0.4, 0.5) is 11.6 Å². The van der Waals surface area contributed by atoms with Gasteiger partial charge in [0.15, 0.2) is 0 Å². The second-order valence-electron chi connectivity index (χ2n) is 4.35. The van der Waals surface area contributed by atoms with Crippen LogP contribution in [0.3, 0.4) is 0 Å². The van der Waals surface area contributed by atoms with Gasteiger partial charge in [-0.2, -0.15) is 0 Å². The lowest BCUT2D eigenvalue weighted by atomic mass is 10.3. The molecule has 1 aromatic heterocycles. The standard InChI is InChI=1S/C12H23N5/c1-5-6-13-11-10(2)12(16-9-15-11)14-7-8-17(3)4/h9H,5-8H2,1-4H3,(H2,13,14,15,16). The number of rotatable bonds is 7. The van der Waals surface area contributed by atoms with Gasteiger partial charge in [-0.1, -0.05) is 6.92 Å². The van der Waals surface area contributed by atoms with Crippen molar-refractivity contribution < 1.29 is 0 Å². The minimum atomic E-state index is 0.887. The maximum Gasteiger partial charge on any atom is 0.134 e. The van der Waals surface area contributed by atoms with Gasteiger partial charge in [-0.15, -0.1) is 0 Å². The number of aromatic nitrogens is 2. The van der Waals surface area contributed by atoms with Crippen molar-refractivity contribution in [1.29, 1.82) is 0 Å². The van der Waals surface area contributed by atoms with Crippen LogP contribution in [-0.2, 0) is 0 Å². The van der Waals surface area contributed by atoms with E-state index >= 15 is 0 Å². The molecule has 0 amide bonds. The molecule has 0 bridgehead atoms. The molecule has 96 valence electrons. The van der Waals surface area contributed by atoms with Gasteiger partial charge < -0.3 is 15.5 Å². The Kier molecular flexibility index (Phi) is 5.69. The Labute approximate surface area is 104 Å². The third kappa shape index (κ3) is 4.56. The van der Waals surface area contributed by atoms with Gasteiger partial charge in [-0.25, -0.2) is 9.97 Å². The Morgan fingerprint density at radius 2 is 1.71 bits per heavy atom. The molecule has 0 fully saturated rings. The van der Waals surface area contributed by atoms with Crippen LogP contribution in [-0.4, -0.2) is 48.6 Å². The Balaban J connectivity index is 2.59. The van der Waals surface area contributed by atoms with E-state index in [1.807, 2.05) is 6.92 Å². The molecule has 1 heterocycles. The molecule has 0 aliphatic heterocycles. The van der Waals surface area contributed by atoms with Crippen LogP contribution in [0.25, 0.3) is 0 Å². The zero-order valence-electron chi connectivity index (χ0n) is 11.2. The Morgan fingerprint density at radius 3 is 2.24 bits per heavy atom. The summed E-state index contributed by atoms with van der Waals surface area (Å²) in [4.78, 5) is 10.6. The first-order chi connectivity index (χ1) is 8.15. The van der Waals surface area contributed by atoms with Crippen LogP contribution in [0.2, 0.25) is 0 Å². The molecule has 0 spiro atoms. The van der Waals surface area contributed by atoms with Gasteiger partial charge in [-0.05, 0) is 27.4 Å². The van der Waals surface area contributed by atoms with E-state index < -0.39 is 0 Å². The zero-order valence-corrected chi connectivity index (χ0v) is 11.2. The fraction of sp³-hybridized carbons (Fsp3) is 0.667. The van der Waals surface area contributed by atoms with E-state index in [4.69, 9.17) is 0 Å². The summed E-state index contributed by atoms with van der Waals surface area (Å²) in [6.45, 7) is 6.99. The summed E-state index contributed by atoms with van der Waals surface area (Å²) in [6, 6.07) is 0. The summed E-state index contributed by atoms with van der Waals surface area (Å²) < 4.78 is 0. The number of hydrogen-bond acceptors (Lipinski definition) is 5. The van der Waals surface area contributed by atoms with Crippen LogP contribution in [0.1, 0.15) is 18.9 Å². The van der Waals surface area contributed by atoms with Gasteiger partial charge in [0.1, 0.15) is 18.0 Å². The van der Waals surface area contributed by atoms with E-state index in [2.05, 4.69) is 46.5 Å². The lowest BCUT2D eigenvalue weighted by Gasteiger charge is -2.14. The van der Waals surface area contributed by atoms with Gasteiger partial charge >= 0.3 is 0 Å². The predicted molar refractivity (Wildman–Crippen MR) is 72.6 cm³/mol. The molecule has 2 N–H and O–H groups in total. The summed E-state index contributed by atoms with van der Waals surface area (Å²) in [6.07, 6.45) is 2.69. The zero-order chi connectivity index (χ0) is 12.7. The maximum absolute atomic E-state index is 4.26. The lowest BCUT2D eigenvalue weighted by Crippen LogP contribution is -2.21. The number of nitrogens with zero attached hydrogens (tertiary/aromatic N) is 3. The average molecular weight is 237 g/mol. The van der Waals surface area contributed by atoms with E-state index in [0.29, 0.717) is 0 Å². The first kappa shape index (κ1) is 13.7. The summed E-state index contributed by atoms with van der Waals surface area (Å²) in [7, 11) is 4.12. The highest BCUT2D eigenvalue weighted by molar-refractivity contribution is 5.56. The second-order valence-corrected chi connectivity index (χ2v) is 4.35. The third-order valence-electron chi connectivity index (χ3n) is 2.48. The van der Waals surface area contributed by atoms with Crippen molar-refractivity contribution >= 4 is 11.6 Å². The predicted octanol–water partition coefficient (Wildman–Crippen LogP) is 1.58. The largest absolute Gasteiger partial charge is 0.370 e. The van der Waals surface area contributed by atoms with Crippen molar-refractivity contribution in [2.75, 3.05) is 44.4 Å². The van der Waals surface area contributed by atoms with Gasteiger partial charge in [0.05, 0.1) is 0 Å². The van der Waals surface area contributed by atoms with Crippen molar-refractivity contribution in [2.45, 2.75) is 20.3 Å². The molecule has 1 aromatic rings. The lowest BCUT2D eigenvalue weighted by molar-refractivity contribution is 0.425. The SMILES string of the molecule is CCCNc1ncnc(NCCN(C)C)c1C. The van der Waals surface area contributed by atoms with Crippen molar-refractivity contribution in [2.24, 2.45) is 0 Å². The molecule has 0 aliphatic rings. The van der Waals surface area contributed by atoms with E-state index in [1.165, 1.54) is 0 Å². The molecule has 5 nitrogen and oxygen atoms in total. The molecule has 0 radical (unpaired) electrons. The number of nitrogens with one attached hydrogen (secondary N) is 2. The fourth-order valence-corrected chi connectivity index (χ4v) is 1.45. The number of hydrogen-bond donors (Lipinski definition) is 2. The van der Waals surface area contributed by atoms with Crippen LogP contribution >= 0.6 is 0 Å². The summed E-state index contributed by atoms with van der Waals surface area (Å²) in [5, 5.41) is 6.63. The van der Waals surface area contributed by atoms with Crippen molar-refractivity contribution in [3.8, 4) is 0 Å². The monoisotopic (exact) mass is 237 g/mol. The van der Waals surface area contributed by atoms with E-state index in [-0.39, 0.29) is 0 Å². The molecule has 0 unspecified atom stereocenters. The summed E-state index contributed by atoms with van der Waals surface area (Å²) in [5.74, 6) is 1.84. The normalized spacial score (nSPS) is 10.6. The molecule has 0 aliphatic carbocycles. The highest BCUT2D eigenvalue weighted by Gasteiger charge is 2.05. The molecule has 5 heteroatoms. The van der Waals surface area contributed by atoms with Crippen LogP contribution in [0.15, 0.2) is 6.33 Å². The summed E-state index contributed by atoms with van der Waals surface area (Å²) >= 11 is 0. The van der Waals surface area contributed by atoms with Crippen molar-refractivity contribution in [1.82, 2.24) is 14.9 Å². The van der Waals surface area contributed by atoms with E-state index in [9.17, 15) is 0 Å². The highest BCUT2D eigenvalue weighted by atomic mass is 15.1. The fourth-order valence-electron chi connectivity index (χ4n) is 1.45. The van der Waals surface area contributed by atoms with Gasteiger partial charge in [0.25, 0.3) is 0 Å². The smallest absolute Gasteiger partial charge is 0.134 e. The highest BCUT2D eigenvalue weighted by Crippen LogP contribution is 2.17. The molecule has 0 atom stereocenters. The van der Waals surface area contributed by atoms with E-state index in [0.717, 1.165) is 43.3 Å². The molecule has 17 heavy (non-hydrogen) atoms. The molecule has 1 rings (SSSR count). The first-order valence-electron chi connectivity index (χ1n) is 6.09. The Morgan fingerprint density at radius 1 is 1.12 bits per heavy atom. The molecule has 0 saturated carbocycles. The Hall–Kier alpha value is -1.36. The van der Waals surface area contributed by atoms with Gasteiger partial charge in [-0.3, -0.25) is 0 Å². The summed E-state index contributed by atoms with van der Waals surface area (Å²) in [5.41, 5.74) is 1.08. The van der Waals surface area contributed by atoms with Crippen molar-refractivity contribution in [3.63, 3.8) is 0 Å². The molecule has 0 saturated heterocycles. The number of anilines is 2. The van der Waals surface area contributed by atoms with Crippen molar-refractivity contribution in [3.05, 3.63) is 11.9 Å². The third-order valence-corrected chi connectivity index (χ3v) is 2.48. The number of likely N-dealkylation sites (N-methyl/N-ethyl adjacent to an activating group) is 1.